The van der Waals surface area contributed by atoms with Crippen LogP contribution in [0.3, 0.4) is 0 Å². The van der Waals surface area contributed by atoms with Crippen LogP contribution in [0.2, 0.25) is 0 Å². The monoisotopic (exact) mass is 304 g/mol. The van der Waals surface area contributed by atoms with Gasteiger partial charge in [-0.1, -0.05) is 6.07 Å². The van der Waals surface area contributed by atoms with E-state index >= 15 is 0 Å². The lowest BCUT2D eigenvalue weighted by molar-refractivity contribution is -0.385. The van der Waals surface area contributed by atoms with Crippen LogP contribution < -0.4 is 10.1 Å². The Kier molecular flexibility index (Phi) is 4.40. The van der Waals surface area contributed by atoms with Crippen molar-refractivity contribution < 1.29 is 14.5 Å². The largest absolute Gasteiger partial charge is 0.495 e. The topological polar surface area (TPSA) is 99.3 Å². The Bertz CT molecular complexity index is 724. The molecule has 0 aliphatic rings. The van der Waals surface area contributed by atoms with Gasteiger partial charge < -0.3 is 10.1 Å². The summed E-state index contributed by atoms with van der Waals surface area (Å²) in [5.74, 6) is -0.126. The number of ether oxygens (including phenoxy) is 1. The first-order valence-corrected chi connectivity index (χ1v) is 6.64. The van der Waals surface area contributed by atoms with E-state index in [1.807, 2.05) is 13.0 Å². The summed E-state index contributed by atoms with van der Waals surface area (Å²) in [6.45, 7) is 3.97. The van der Waals surface area contributed by atoms with E-state index in [4.69, 9.17) is 4.74 Å². The van der Waals surface area contributed by atoms with Crippen molar-refractivity contribution in [3.63, 3.8) is 0 Å². The summed E-state index contributed by atoms with van der Waals surface area (Å²) in [7, 11) is 1.49. The Morgan fingerprint density at radius 2 is 2.23 bits per heavy atom. The number of anilines is 1. The van der Waals surface area contributed by atoms with Crippen LogP contribution in [0.5, 0.6) is 5.75 Å². The van der Waals surface area contributed by atoms with E-state index in [2.05, 4.69) is 10.4 Å². The van der Waals surface area contributed by atoms with Crippen LogP contribution >= 0.6 is 0 Å². The number of carbonyl (C=O) groups is 1. The smallest absolute Gasteiger partial charge is 0.320 e. The summed E-state index contributed by atoms with van der Waals surface area (Å²) in [5, 5.41) is 17.5. The number of nitro groups is 1. The molecular formula is C14H16N4O4. The fourth-order valence-corrected chi connectivity index (χ4v) is 2.08. The number of nitrogens with zero attached hydrogens (tertiary/aromatic N) is 3. The maximum atomic E-state index is 12.4. The van der Waals surface area contributed by atoms with Crippen LogP contribution in [0.25, 0.3) is 0 Å². The molecule has 0 radical (unpaired) electrons. The van der Waals surface area contributed by atoms with Crippen molar-refractivity contribution in [2.75, 3.05) is 12.4 Å². The van der Waals surface area contributed by atoms with Gasteiger partial charge in [-0.3, -0.25) is 19.6 Å². The Morgan fingerprint density at radius 3 is 2.82 bits per heavy atom. The van der Waals surface area contributed by atoms with Crippen LogP contribution in [0.4, 0.5) is 11.4 Å². The Morgan fingerprint density at radius 1 is 1.50 bits per heavy atom. The molecule has 0 atom stereocenters. The van der Waals surface area contributed by atoms with E-state index in [0.717, 1.165) is 11.8 Å². The molecule has 1 aromatic carbocycles. The standard InChI is InChI=1S/C14H16N4O4/c1-4-17-13(11(8-15-17)18(20)21)14(19)16-10-7-9(2)5-6-12(10)22-3/h5-8H,4H2,1-3H3,(H,16,19). The first-order chi connectivity index (χ1) is 10.5. The Hall–Kier alpha value is -2.90. The fourth-order valence-electron chi connectivity index (χ4n) is 2.08. The molecule has 2 rings (SSSR count). The number of amides is 1. The van der Waals surface area contributed by atoms with Crippen LogP contribution in [-0.2, 0) is 6.54 Å². The number of hydrogen-bond acceptors (Lipinski definition) is 5. The molecule has 1 heterocycles. The summed E-state index contributed by atoms with van der Waals surface area (Å²) in [6, 6.07) is 5.29. The van der Waals surface area contributed by atoms with Gasteiger partial charge in [0, 0.05) is 6.54 Å². The quantitative estimate of drug-likeness (QED) is 0.675. The van der Waals surface area contributed by atoms with Gasteiger partial charge in [0.1, 0.15) is 11.9 Å². The highest BCUT2D eigenvalue weighted by molar-refractivity contribution is 6.06. The Labute approximate surface area is 126 Å². The summed E-state index contributed by atoms with van der Waals surface area (Å²) < 4.78 is 6.47. The lowest BCUT2D eigenvalue weighted by Crippen LogP contribution is -2.19. The zero-order valence-corrected chi connectivity index (χ0v) is 12.5. The predicted octanol–water partition coefficient (Wildman–Crippen LogP) is 2.38. The first-order valence-electron chi connectivity index (χ1n) is 6.64. The normalized spacial score (nSPS) is 10.3. The number of carbonyl (C=O) groups excluding carboxylic acids is 1. The molecule has 0 aliphatic carbocycles. The molecule has 0 fully saturated rings. The van der Waals surface area contributed by atoms with Crippen molar-refractivity contribution in [2.24, 2.45) is 0 Å². The number of nitrogens with one attached hydrogen (secondary N) is 1. The van der Waals surface area contributed by atoms with Gasteiger partial charge in [0.15, 0.2) is 0 Å². The molecule has 0 bridgehead atoms. The van der Waals surface area contributed by atoms with Gasteiger partial charge >= 0.3 is 5.69 Å². The minimum Gasteiger partial charge on any atom is -0.495 e. The maximum Gasteiger partial charge on any atom is 0.320 e. The van der Waals surface area contributed by atoms with Gasteiger partial charge in [-0.15, -0.1) is 0 Å². The summed E-state index contributed by atoms with van der Waals surface area (Å²) in [5.41, 5.74) is 0.960. The van der Waals surface area contributed by atoms with E-state index in [-0.39, 0.29) is 11.4 Å². The van der Waals surface area contributed by atoms with Crippen molar-refractivity contribution >= 4 is 17.3 Å². The second kappa shape index (κ2) is 6.25. The number of hydrogen-bond donors (Lipinski definition) is 1. The van der Waals surface area contributed by atoms with Crippen LogP contribution in [0.1, 0.15) is 23.0 Å². The second-order valence-corrected chi connectivity index (χ2v) is 4.61. The van der Waals surface area contributed by atoms with Crippen molar-refractivity contribution in [1.29, 1.82) is 0 Å². The van der Waals surface area contributed by atoms with E-state index < -0.39 is 10.8 Å². The van der Waals surface area contributed by atoms with Gasteiger partial charge in [0.2, 0.25) is 5.69 Å². The number of benzene rings is 1. The van der Waals surface area contributed by atoms with Crippen molar-refractivity contribution in [2.45, 2.75) is 20.4 Å². The SMILES string of the molecule is CCn1ncc([N+](=O)[O-])c1C(=O)Nc1cc(C)ccc1OC. The molecule has 1 aromatic heterocycles. The van der Waals surface area contributed by atoms with Crippen molar-refractivity contribution in [3.05, 3.63) is 45.8 Å². The predicted molar refractivity (Wildman–Crippen MR) is 80.2 cm³/mol. The average molecular weight is 304 g/mol. The third-order valence-corrected chi connectivity index (χ3v) is 3.13. The Balaban J connectivity index is 2.40. The first kappa shape index (κ1) is 15.5. The highest BCUT2D eigenvalue weighted by Gasteiger charge is 2.26. The molecule has 8 heteroatoms. The molecule has 2 aromatic rings. The number of aryl methyl sites for hydroxylation is 2. The molecular weight excluding hydrogens is 288 g/mol. The number of methoxy groups -OCH3 is 1. The van der Waals surface area contributed by atoms with Crippen molar-refractivity contribution in [3.8, 4) is 5.75 Å². The number of aromatic nitrogens is 2. The fraction of sp³-hybridized carbons (Fsp3) is 0.286. The summed E-state index contributed by atoms with van der Waals surface area (Å²) in [4.78, 5) is 22.8. The van der Waals surface area contributed by atoms with Gasteiger partial charge in [-0.2, -0.15) is 5.10 Å². The highest BCUT2D eigenvalue weighted by Crippen LogP contribution is 2.27. The molecule has 0 saturated carbocycles. The third kappa shape index (κ3) is 2.90. The van der Waals surface area contributed by atoms with Gasteiger partial charge in [-0.05, 0) is 31.5 Å². The molecule has 0 saturated heterocycles. The van der Waals surface area contributed by atoms with Gasteiger partial charge in [0.25, 0.3) is 5.91 Å². The molecule has 22 heavy (non-hydrogen) atoms. The number of rotatable bonds is 5. The molecule has 1 N–H and O–H groups in total. The average Bonchev–Trinajstić information content (AvgIpc) is 2.91. The maximum absolute atomic E-state index is 12.4. The summed E-state index contributed by atoms with van der Waals surface area (Å²) in [6.07, 6.45) is 1.08. The lowest BCUT2D eigenvalue weighted by atomic mass is 10.2. The summed E-state index contributed by atoms with van der Waals surface area (Å²) >= 11 is 0. The zero-order chi connectivity index (χ0) is 16.3. The van der Waals surface area contributed by atoms with Crippen LogP contribution in [-0.4, -0.2) is 27.7 Å². The molecule has 0 aliphatic heterocycles. The van der Waals surface area contributed by atoms with E-state index in [9.17, 15) is 14.9 Å². The lowest BCUT2D eigenvalue weighted by Gasteiger charge is -2.11. The van der Waals surface area contributed by atoms with E-state index in [1.165, 1.54) is 11.8 Å². The molecule has 8 nitrogen and oxygen atoms in total. The second-order valence-electron chi connectivity index (χ2n) is 4.61. The minimum atomic E-state index is -0.623. The van der Waals surface area contributed by atoms with Gasteiger partial charge in [0.05, 0.1) is 17.7 Å². The van der Waals surface area contributed by atoms with Crippen molar-refractivity contribution in [1.82, 2.24) is 9.78 Å². The van der Waals surface area contributed by atoms with E-state index in [1.54, 1.807) is 19.1 Å². The molecule has 1 amide bonds. The van der Waals surface area contributed by atoms with E-state index in [0.29, 0.717) is 18.0 Å². The van der Waals surface area contributed by atoms with Gasteiger partial charge in [-0.25, -0.2) is 0 Å². The van der Waals surface area contributed by atoms with Crippen LogP contribution in [0, 0.1) is 17.0 Å². The minimum absolute atomic E-state index is 0.0870. The molecule has 116 valence electrons. The highest BCUT2D eigenvalue weighted by atomic mass is 16.6. The molecule has 0 unspecified atom stereocenters. The molecule has 0 spiro atoms. The zero-order valence-electron chi connectivity index (χ0n) is 12.5. The third-order valence-electron chi connectivity index (χ3n) is 3.13. The van der Waals surface area contributed by atoms with Crippen LogP contribution in [0.15, 0.2) is 24.4 Å².